The van der Waals surface area contributed by atoms with Crippen LogP contribution in [0, 0.1) is 6.92 Å². The van der Waals surface area contributed by atoms with E-state index in [1.54, 1.807) is 7.11 Å². The lowest BCUT2D eigenvalue weighted by Crippen LogP contribution is -2.42. The van der Waals surface area contributed by atoms with Crippen LogP contribution >= 0.6 is 0 Å². The normalized spacial score (nSPS) is 17.2. The summed E-state index contributed by atoms with van der Waals surface area (Å²) in [7, 11) is 3.42. The Morgan fingerprint density at radius 3 is 2.74 bits per heavy atom. The van der Waals surface area contributed by atoms with E-state index < -0.39 is 12.0 Å². The molecule has 0 saturated carbocycles. The minimum atomic E-state index is -0.863. The highest BCUT2D eigenvalue weighted by molar-refractivity contribution is 5.76. The molecule has 1 aromatic rings. The zero-order valence-electron chi connectivity index (χ0n) is 14.1. The number of morpholine rings is 1. The highest BCUT2D eigenvalue weighted by Crippen LogP contribution is 2.30. The zero-order chi connectivity index (χ0) is 16.8. The van der Waals surface area contributed by atoms with Crippen molar-refractivity contribution >= 4 is 5.97 Å². The summed E-state index contributed by atoms with van der Waals surface area (Å²) in [5, 5.41) is 9.71. The average molecular weight is 322 g/mol. The number of ether oxygens (including phenoxy) is 2. The van der Waals surface area contributed by atoms with Crippen LogP contribution < -0.4 is 4.74 Å². The molecule has 0 aromatic heterocycles. The third-order valence-corrected chi connectivity index (χ3v) is 4.23. The zero-order valence-corrected chi connectivity index (χ0v) is 14.1. The maximum Gasteiger partial charge on any atom is 0.325 e. The van der Waals surface area contributed by atoms with Gasteiger partial charge in [0, 0.05) is 31.7 Å². The largest absolute Gasteiger partial charge is 0.496 e. The number of carboxylic acid groups (broad SMARTS) is 1. The van der Waals surface area contributed by atoms with Gasteiger partial charge in [-0.05, 0) is 20.0 Å². The first kappa shape index (κ1) is 17.7. The number of aliphatic carboxylic acids is 1. The molecule has 128 valence electrons. The number of aryl methyl sites for hydroxylation is 1. The van der Waals surface area contributed by atoms with E-state index in [0.29, 0.717) is 17.9 Å². The van der Waals surface area contributed by atoms with Crippen molar-refractivity contribution in [2.75, 3.05) is 53.6 Å². The number of likely N-dealkylation sites (N-methyl/N-ethyl adjacent to an activating group) is 1. The van der Waals surface area contributed by atoms with E-state index in [2.05, 4.69) is 4.90 Å². The van der Waals surface area contributed by atoms with Crippen molar-refractivity contribution in [2.24, 2.45) is 0 Å². The van der Waals surface area contributed by atoms with Gasteiger partial charge >= 0.3 is 5.97 Å². The molecule has 2 rings (SSSR count). The van der Waals surface area contributed by atoms with Crippen LogP contribution in [0.2, 0.25) is 0 Å². The summed E-state index contributed by atoms with van der Waals surface area (Å²) in [5.41, 5.74) is 1.72. The van der Waals surface area contributed by atoms with E-state index in [-0.39, 0.29) is 0 Å². The number of methoxy groups -OCH3 is 1. The fourth-order valence-corrected chi connectivity index (χ4v) is 2.88. The Morgan fingerprint density at radius 2 is 2.13 bits per heavy atom. The molecule has 0 bridgehead atoms. The first-order valence-corrected chi connectivity index (χ1v) is 7.90. The minimum Gasteiger partial charge on any atom is -0.496 e. The van der Waals surface area contributed by atoms with Crippen LogP contribution in [-0.4, -0.2) is 74.4 Å². The van der Waals surface area contributed by atoms with E-state index >= 15 is 0 Å². The average Bonchev–Trinajstić information content (AvgIpc) is 2.54. The summed E-state index contributed by atoms with van der Waals surface area (Å²) >= 11 is 0. The first-order valence-electron chi connectivity index (χ1n) is 7.90. The number of carbonyl (C=O) groups is 1. The van der Waals surface area contributed by atoms with E-state index in [9.17, 15) is 9.90 Å². The van der Waals surface area contributed by atoms with Crippen molar-refractivity contribution in [1.82, 2.24) is 9.80 Å². The van der Waals surface area contributed by atoms with Gasteiger partial charge in [-0.25, -0.2) is 0 Å². The lowest BCUT2D eigenvalue weighted by molar-refractivity contribution is -0.143. The van der Waals surface area contributed by atoms with Gasteiger partial charge in [-0.3, -0.25) is 14.6 Å². The summed E-state index contributed by atoms with van der Waals surface area (Å²) in [6.07, 6.45) is 0. The second-order valence-electron chi connectivity index (χ2n) is 5.92. The molecule has 1 N–H and O–H groups in total. The molecule has 1 heterocycles. The molecule has 6 heteroatoms. The Hall–Kier alpha value is -1.63. The first-order chi connectivity index (χ1) is 11.0. The van der Waals surface area contributed by atoms with Crippen LogP contribution in [0.3, 0.4) is 0 Å². The molecule has 0 amide bonds. The maximum absolute atomic E-state index is 11.8. The number of hydrogen-bond donors (Lipinski definition) is 1. The quantitative estimate of drug-likeness (QED) is 0.819. The van der Waals surface area contributed by atoms with Crippen LogP contribution in [0.15, 0.2) is 18.2 Å². The monoisotopic (exact) mass is 322 g/mol. The number of carboxylic acids is 1. The van der Waals surface area contributed by atoms with Crippen molar-refractivity contribution in [3.05, 3.63) is 29.3 Å². The summed E-state index contributed by atoms with van der Waals surface area (Å²) in [6.45, 7) is 6.76. The molecule has 1 aliphatic heterocycles. The molecule has 1 unspecified atom stereocenters. The lowest BCUT2D eigenvalue weighted by atomic mass is 10.0. The molecule has 1 atom stereocenters. The van der Waals surface area contributed by atoms with Gasteiger partial charge in [-0.1, -0.05) is 17.7 Å². The Kier molecular flexibility index (Phi) is 6.38. The lowest BCUT2D eigenvalue weighted by Gasteiger charge is -2.31. The summed E-state index contributed by atoms with van der Waals surface area (Å²) in [4.78, 5) is 16.0. The summed E-state index contributed by atoms with van der Waals surface area (Å²) in [5.74, 6) is -0.250. The molecule has 0 radical (unpaired) electrons. The molecule has 6 nitrogen and oxygen atoms in total. The van der Waals surface area contributed by atoms with Crippen LogP contribution in [-0.2, 0) is 9.53 Å². The summed E-state index contributed by atoms with van der Waals surface area (Å²) in [6, 6.07) is 4.93. The molecular weight excluding hydrogens is 296 g/mol. The van der Waals surface area contributed by atoms with E-state index in [4.69, 9.17) is 9.47 Å². The second kappa shape index (κ2) is 8.29. The highest BCUT2D eigenvalue weighted by atomic mass is 16.5. The Morgan fingerprint density at radius 1 is 1.43 bits per heavy atom. The Bertz CT molecular complexity index is 529. The maximum atomic E-state index is 11.8. The van der Waals surface area contributed by atoms with Gasteiger partial charge < -0.3 is 14.6 Å². The Labute approximate surface area is 137 Å². The molecule has 0 spiro atoms. The number of nitrogens with zero attached hydrogens (tertiary/aromatic N) is 2. The summed E-state index contributed by atoms with van der Waals surface area (Å²) < 4.78 is 10.7. The van der Waals surface area contributed by atoms with Gasteiger partial charge in [0.2, 0.25) is 0 Å². The van der Waals surface area contributed by atoms with Gasteiger partial charge in [0.1, 0.15) is 11.8 Å². The minimum absolute atomic E-state index is 0.612. The van der Waals surface area contributed by atoms with Gasteiger partial charge in [0.05, 0.1) is 20.3 Å². The molecule has 1 fully saturated rings. The molecule has 23 heavy (non-hydrogen) atoms. The predicted molar refractivity (Wildman–Crippen MR) is 88.0 cm³/mol. The Balaban J connectivity index is 2.10. The van der Waals surface area contributed by atoms with E-state index in [0.717, 1.165) is 38.4 Å². The predicted octanol–water partition coefficient (Wildman–Crippen LogP) is 1.39. The number of benzene rings is 1. The fourth-order valence-electron chi connectivity index (χ4n) is 2.88. The van der Waals surface area contributed by atoms with Gasteiger partial charge in [-0.2, -0.15) is 0 Å². The van der Waals surface area contributed by atoms with Crippen LogP contribution in [0.1, 0.15) is 17.2 Å². The topological polar surface area (TPSA) is 62.2 Å². The highest BCUT2D eigenvalue weighted by Gasteiger charge is 2.28. The third-order valence-electron chi connectivity index (χ3n) is 4.23. The fraction of sp³-hybridized carbons (Fsp3) is 0.588. The number of hydrogen-bond acceptors (Lipinski definition) is 5. The van der Waals surface area contributed by atoms with E-state index in [1.165, 1.54) is 0 Å². The standard InChI is InChI=1S/C17H26N2O4/c1-13-4-5-15(22-3)14(12-13)16(17(20)21)18(2)6-7-19-8-10-23-11-9-19/h4-5,12,16H,6-11H2,1-3H3,(H,20,21). The van der Waals surface area contributed by atoms with Gasteiger partial charge in [0.25, 0.3) is 0 Å². The second-order valence-corrected chi connectivity index (χ2v) is 5.92. The van der Waals surface area contributed by atoms with Crippen molar-refractivity contribution < 1.29 is 19.4 Å². The van der Waals surface area contributed by atoms with Crippen molar-refractivity contribution in [3.8, 4) is 5.75 Å². The van der Waals surface area contributed by atoms with Crippen LogP contribution in [0.5, 0.6) is 5.75 Å². The van der Waals surface area contributed by atoms with Gasteiger partial charge in [0.15, 0.2) is 0 Å². The molecular formula is C17H26N2O4. The van der Waals surface area contributed by atoms with Crippen molar-refractivity contribution in [1.29, 1.82) is 0 Å². The number of rotatable bonds is 7. The van der Waals surface area contributed by atoms with E-state index in [1.807, 2.05) is 37.1 Å². The SMILES string of the molecule is COc1ccc(C)cc1C(C(=O)O)N(C)CCN1CCOCC1. The van der Waals surface area contributed by atoms with Crippen molar-refractivity contribution in [2.45, 2.75) is 13.0 Å². The molecule has 0 aliphatic carbocycles. The molecule has 1 aromatic carbocycles. The van der Waals surface area contributed by atoms with Crippen LogP contribution in [0.4, 0.5) is 0 Å². The third kappa shape index (κ3) is 4.67. The molecule has 1 saturated heterocycles. The smallest absolute Gasteiger partial charge is 0.325 e. The van der Waals surface area contributed by atoms with Gasteiger partial charge in [-0.15, -0.1) is 0 Å². The molecule has 1 aliphatic rings. The van der Waals surface area contributed by atoms with Crippen molar-refractivity contribution in [3.63, 3.8) is 0 Å². The van der Waals surface area contributed by atoms with Crippen LogP contribution in [0.25, 0.3) is 0 Å².